The van der Waals surface area contributed by atoms with Crippen LogP contribution >= 0.6 is 0 Å². The van der Waals surface area contributed by atoms with Crippen molar-refractivity contribution in [3.8, 4) is 5.75 Å². The van der Waals surface area contributed by atoms with Crippen molar-refractivity contribution in [1.29, 1.82) is 0 Å². The highest BCUT2D eigenvalue weighted by molar-refractivity contribution is 6.61. The quantitative estimate of drug-likeness (QED) is 0.680. The first-order valence-corrected chi connectivity index (χ1v) is 9.94. The van der Waals surface area contributed by atoms with Gasteiger partial charge in [-0.15, -0.1) is 0 Å². The molecule has 0 fully saturated rings. The van der Waals surface area contributed by atoms with Gasteiger partial charge in [0.25, 0.3) is 0 Å². The normalized spacial score (nSPS) is 21.8. The highest BCUT2D eigenvalue weighted by Crippen LogP contribution is 2.36. The van der Waals surface area contributed by atoms with Gasteiger partial charge in [0.2, 0.25) is 5.79 Å². The van der Waals surface area contributed by atoms with Crippen molar-refractivity contribution < 1.29 is 18.3 Å². The van der Waals surface area contributed by atoms with E-state index in [-0.39, 0.29) is 0 Å². The lowest BCUT2D eigenvalue weighted by atomic mass is 9.96. The lowest BCUT2D eigenvalue weighted by Crippen LogP contribution is -2.45. The van der Waals surface area contributed by atoms with Crippen molar-refractivity contribution in [2.75, 3.05) is 13.2 Å². The van der Waals surface area contributed by atoms with Gasteiger partial charge in [-0.25, -0.2) is 0 Å². The van der Waals surface area contributed by atoms with Gasteiger partial charge in [0.15, 0.2) is 0 Å². The maximum atomic E-state index is 6.20. The van der Waals surface area contributed by atoms with Crippen LogP contribution in [0, 0.1) is 5.92 Å². The number of hydrogen-bond acceptors (Lipinski definition) is 4. The molecule has 1 aromatic rings. The summed E-state index contributed by atoms with van der Waals surface area (Å²) in [6.07, 6.45) is 2.22. The molecule has 2 atom stereocenters. The zero-order chi connectivity index (χ0) is 16.9. The van der Waals surface area contributed by atoms with Crippen molar-refractivity contribution in [3.05, 3.63) is 23.8 Å². The van der Waals surface area contributed by atoms with Crippen LogP contribution in [-0.4, -0.2) is 28.3 Å². The van der Waals surface area contributed by atoms with Crippen molar-refractivity contribution in [3.63, 3.8) is 0 Å². The summed E-state index contributed by atoms with van der Waals surface area (Å²) in [7, 11) is -1.42. The van der Waals surface area contributed by atoms with E-state index in [1.54, 1.807) is 0 Å². The van der Waals surface area contributed by atoms with E-state index < -0.39 is 15.1 Å². The van der Waals surface area contributed by atoms with Crippen molar-refractivity contribution in [2.45, 2.75) is 59.9 Å². The zero-order valence-corrected chi connectivity index (χ0v) is 16.0. The van der Waals surface area contributed by atoms with E-state index in [9.17, 15) is 0 Å². The molecule has 0 aliphatic carbocycles. The maximum Gasteiger partial charge on any atom is 0.423 e. The molecule has 4 nitrogen and oxygen atoms in total. The van der Waals surface area contributed by atoms with Gasteiger partial charge in [-0.05, 0) is 37.6 Å². The minimum atomic E-state index is -1.42. The molecule has 2 rings (SSSR count). The second kappa shape index (κ2) is 8.28. The number of benzene rings is 1. The maximum absolute atomic E-state index is 6.20. The first-order valence-electron chi connectivity index (χ1n) is 8.62. The van der Waals surface area contributed by atoms with Gasteiger partial charge in [-0.3, -0.25) is 0 Å². The molecule has 1 aliphatic rings. The van der Waals surface area contributed by atoms with Crippen LogP contribution in [0.1, 0.15) is 53.0 Å². The predicted octanol–water partition coefficient (Wildman–Crippen LogP) is 3.52. The van der Waals surface area contributed by atoms with Crippen LogP contribution in [0.4, 0.5) is 0 Å². The summed E-state index contributed by atoms with van der Waals surface area (Å²) in [6.45, 7) is 12.3. The summed E-state index contributed by atoms with van der Waals surface area (Å²) >= 11 is 0. The first-order chi connectivity index (χ1) is 11.0. The van der Waals surface area contributed by atoms with Gasteiger partial charge in [-0.2, -0.15) is 0 Å². The molecule has 23 heavy (non-hydrogen) atoms. The van der Waals surface area contributed by atoms with E-state index >= 15 is 0 Å². The molecule has 0 saturated heterocycles. The molecular weight excluding hydrogens is 308 g/mol. The number of ether oxygens (including phenoxy) is 2. The van der Waals surface area contributed by atoms with Gasteiger partial charge in [0, 0.05) is 31.6 Å². The van der Waals surface area contributed by atoms with Crippen molar-refractivity contribution >= 4 is 14.5 Å². The van der Waals surface area contributed by atoms with Crippen LogP contribution in [0.15, 0.2) is 18.2 Å². The highest BCUT2D eigenvalue weighted by Gasteiger charge is 2.38. The Morgan fingerprint density at radius 1 is 1.22 bits per heavy atom. The van der Waals surface area contributed by atoms with E-state index in [0.717, 1.165) is 29.3 Å². The molecular formula is C18H29O4Si. The third-order valence-electron chi connectivity index (χ3n) is 4.29. The number of fused-ring (bicyclic) bond motifs is 1. The standard InChI is InChI=1S/C18H29O4Si/c1-6-9-14(4)18(5)19-13-15-12-16(10-11-17(15)22-18)23(20-7-2)21-8-3/h10-12,14H,6-9,13H2,1-5H3. The van der Waals surface area contributed by atoms with Gasteiger partial charge in [0.05, 0.1) is 6.61 Å². The Morgan fingerprint density at radius 2 is 1.91 bits per heavy atom. The Hall–Kier alpha value is -0.883. The van der Waals surface area contributed by atoms with E-state index in [1.807, 2.05) is 26.8 Å². The van der Waals surface area contributed by atoms with Crippen LogP contribution in [0.5, 0.6) is 5.75 Å². The Kier molecular flexibility index (Phi) is 6.65. The van der Waals surface area contributed by atoms with Gasteiger partial charge in [0.1, 0.15) is 5.75 Å². The van der Waals surface area contributed by atoms with Crippen LogP contribution in [0.3, 0.4) is 0 Å². The fraction of sp³-hybridized carbons (Fsp3) is 0.667. The predicted molar refractivity (Wildman–Crippen MR) is 93.0 cm³/mol. The van der Waals surface area contributed by atoms with Crippen LogP contribution < -0.4 is 9.92 Å². The average molecular weight is 338 g/mol. The number of hydrogen-bond donors (Lipinski definition) is 0. The van der Waals surface area contributed by atoms with Gasteiger partial charge in [-0.1, -0.05) is 26.3 Å². The molecule has 0 N–H and O–H groups in total. The molecule has 0 saturated carbocycles. The molecule has 1 radical (unpaired) electrons. The summed E-state index contributed by atoms with van der Waals surface area (Å²) in [4.78, 5) is 0. The minimum Gasteiger partial charge on any atom is -0.462 e. The Bertz CT molecular complexity index is 502. The lowest BCUT2D eigenvalue weighted by Gasteiger charge is -2.40. The second-order valence-electron chi connectivity index (χ2n) is 6.07. The summed E-state index contributed by atoms with van der Waals surface area (Å²) in [5.74, 6) is 0.726. The minimum absolute atomic E-state index is 0.354. The molecule has 0 aromatic heterocycles. The molecule has 1 heterocycles. The van der Waals surface area contributed by atoms with Crippen molar-refractivity contribution in [1.82, 2.24) is 0 Å². The molecule has 1 aromatic carbocycles. The Labute approximate surface area is 141 Å². The largest absolute Gasteiger partial charge is 0.462 e. The summed E-state index contributed by atoms with van der Waals surface area (Å²) in [5, 5.41) is 1.11. The summed E-state index contributed by atoms with van der Waals surface area (Å²) in [6, 6.07) is 6.21. The van der Waals surface area contributed by atoms with Crippen LogP contribution in [0.2, 0.25) is 0 Å². The Morgan fingerprint density at radius 3 is 2.52 bits per heavy atom. The van der Waals surface area contributed by atoms with Gasteiger partial charge >= 0.3 is 9.28 Å². The van der Waals surface area contributed by atoms with E-state index in [2.05, 4.69) is 26.0 Å². The SMILES string of the molecule is CCCC(C)C1(C)OCc2cc([Si](OCC)OCC)ccc2O1. The van der Waals surface area contributed by atoms with Crippen molar-refractivity contribution in [2.24, 2.45) is 5.92 Å². The number of rotatable bonds is 8. The third-order valence-corrected chi connectivity index (χ3v) is 6.17. The van der Waals surface area contributed by atoms with E-state index in [1.165, 1.54) is 0 Å². The summed E-state index contributed by atoms with van der Waals surface area (Å²) in [5.41, 5.74) is 1.07. The fourth-order valence-electron chi connectivity index (χ4n) is 2.80. The molecule has 2 unspecified atom stereocenters. The van der Waals surface area contributed by atoms with Crippen LogP contribution in [0.25, 0.3) is 0 Å². The lowest BCUT2D eigenvalue weighted by molar-refractivity contribution is -0.223. The zero-order valence-electron chi connectivity index (χ0n) is 15.0. The third kappa shape index (κ3) is 4.35. The molecule has 5 heteroatoms. The first kappa shape index (κ1) is 18.5. The highest BCUT2D eigenvalue weighted by atomic mass is 28.3. The smallest absolute Gasteiger partial charge is 0.423 e. The molecule has 0 amide bonds. The summed E-state index contributed by atoms with van der Waals surface area (Å²) < 4.78 is 23.8. The van der Waals surface area contributed by atoms with Gasteiger partial charge < -0.3 is 18.3 Å². The monoisotopic (exact) mass is 337 g/mol. The molecule has 0 bridgehead atoms. The fourth-order valence-corrected chi connectivity index (χ4v) is 4.25. The van der Waals surface area contributed by atoms with Crippen LogP contribution in [-0.2, 0) is 20.2 Å². The average Bonchev–Trinajstić information content (AvgIpc) is 2.54. The molecule has 1 aliphatic heterocycles. The van der Waals surface area contributed by atoms with E-state index in [0.29, 0.717) is 25.7 Å². The Balaban J connectivity index is 2.17. The second-order valence-corrected chi connectivity index (χ2v) is 7.80. The molecule has 0 spiro atoms. The van der Waals surface area contributed by atoms with E-state index in [4.69, 9.17) is 18.3 Å². The topological polar surface area (TPSA) is 36.9 Å². The molecule has 129 valence electrons.